The highest BCUT2D eigenvalue weighted by atomic mass is 16.5. The molecule has 0 spiro atoms. The van der Waals surface area contributed by atoms with Gasteiger partial charge in [0.05, 0.1) is 0 Å². The van der Waals surface area contributed by atoms with E-state index in [9.17, 15) is 9.59 Å². The van der Waals surface area contributed by atoms with E-state index < -0.39 is 18.0 Å². The van der Waals surface area contributed by atoms with Crippen molar-refractivity contribution in [1.29, 1.82) is 0 Å². The van der Waals surface area contributed by atoms with Crippen LogP contribution in [-0.2, 0) is 4.79 Å². The molecule has 0 aromatic heterocycles. The van der Waals surface area contributed by atoms with Crippen molar-refractivity contribution in [3.8, 4) is 5.75 Å². The summed E-state index contributed by atoms with van der Waals surface area (Å²) in [5.41, 5.74) is 7.72. The number of aryl methyl sites for hydroxylation is 1. The van der Waals surface area contributed by atoms with Crippen molar-refractivity contribution in [3.63, 3.8) is 0 Å². The lowest BCUT2D eigenvalue weighted by atomic mass is 10.1. The second kappa shape index (κ2) is 7.64. The van der Waals surface area contributed by atoms with Gasteiger partial charge in [-0.05, 0) is 39.3 Å². The van der Waals surface area contributed by atoms with Gasteiger partial charge in [0.1, 0.15) is 5.75 Å². The third-order valence-corrected chi connectivity index (χ3v) is 2.91. The molecule has 6 nitrogen and oxygen atoms in total. The van der Waals surface area contributed by atoms with Crippen LogP contribution in [0.1, 0.15) is 37.9 Å². The molecular formula is C15H23N3O3. The van der Waals surface area contributed by atoms with Crippen molar-refractivity contribution < 1.29 is 14.3 Å². The summed E-state index contributed by atoms with van der Waals surface area (Å²) in [6, 6.07) is 4.90. The molecule has 0 aliphatic carbocycles. The Kier molecular flexibility index (Phi) is 6.17. The molecular weight excluding hydrogens is 270 g/mol. The van der Waals surface area contributed by atoms with Crippen LogP contribution in [0.25, 0.3) is 0 Å². The number of imide groups is 1. The largest absolute Gasteiger partial charge is 0.481 e. The minimum Gasteiger partial charge on any atom is -0.481 e. The third-order valence-electron chi connectivity index (χ3n) is 2.91. The topological polar surface area (TPSA) is 93.5 Å². The summed E-state index contributed by atoms with van der Waals surface area (Å²) in [6.45, 7) is 7.57. The summed E-state index contributed by atoms with van der Waals surface area (Å²) < 4.78 is 5.66. The molecule has 1 aromatic rings. The van der Waals surface area contributed by atoms with Gasteiger partial charge in [0.15, 0.2) is 6.10 Å². The van der Waals surface area contributed by atoms with Crippen LogP contribution < -0.4 is 21.1 Å². The van der Waals surface area contributed by atoms with Crippen LogP contribution in [0.3, 0.4) is 0 Å². The highest BCUT2D eigenvalue weighted by molar-refractivity contribution is 5.96. The number of ether oxygens (including phenoxy) is 1. The first-order valence-corrected chi connectivity index (χ1v) is 6.96. The average Bonchev–Trinajstić information content (AvgIpc) is 2.38. The first kappa shape index (κ1) is 17.0. The lowest BCUT2D eigenvalue weighted by Gasteiger charge is -2.19. The summed E-state index contributed by atoms with van der Waals surface area (Å²) in [7, 11) is 0. The van der Waals surface area contributed by atoms with Crippen LogP contribution in [0, 0.1) is 6.92 Å². The number of benzene rings is 1. The van der Waals surface area contributed by atoms with E-state index in [-0.39, 0.29) is 6.04 Å². The number of carbonyl (C=O) groups excluding carboxylic acids is 2. The molecule has 2 atom stereocenters. The van der Waals surface area contributed by atoms with Gasteiger partial charge in [0.2, 0.25) is 0 Å². The fourth-order valence-electron chi connectivity index (χ4n) is 1.78. The number of urea groups is 1. The summed E-state index contributed by atoms with van der Waals surface area (Å²) in [5.74, 6) is 0.0571. The van der Waals surface area contributed by atoms with E-state index in [2.05, 4.69) is 10.6 Å². The van der Waals surface area contributed by atoms with Gasteiger partial charge >= 0.3 is 6.03 Å². The quantitative estimate of drug-likeness (QED) is 0.769. The van der Waals surface area contributed by atoms with Crippen molar-refractivity contribution in [3.05, 3.63) is 29.3 Å². The first-order valence-electron chi connectivity index (χ1n) is 6.96. The Morgan fingerprint density at radius 1 is 1.33 bits per heavy atom. The molecule has 0 saturated heterocycles. The number of hydrogen-bond acceptors (Lipinski definition) is 4. The number of rotatable bonds is 5. The van der Waals surface area contributed by atoms with Gasteiger partial charge in [-0.25, -0.2) is 4.79 Å². The van der Waals surface area contributed by atoms with Crippen molar-refractivity contribution >= 4 is 11.9 Å². The Bertz CT molecular complexity index is 515. The second-order valence-corrected chi connectivity index (χ2v) is 4.94. The van der Waals surface area contributed by atoms with E-state index in [1.54, 1.807) is 13.8 Å². The molecule has 0 saturated carbocycles. The molecule has 0 radical (unpaired) electrons. The number of nitrogens with two attached hydrogens (primary N) is 1. The predicted octanol–water partition coefficient (Wildman–Crippen LogP) is 1.63. The molecule has 1 unspecified atom stereocenters. The van der Waals surface area contributed by atoms with E-state index in [0.29, 0.717) is 12.3 Å². The Morgan fingerprint density at radius 3 is 2.57 bits per heavy atom. The van der Waals surface area contributed by atoms with Gasteiger partial charge in [-0.2, -0.15) is 0 Å². The molecule has 4 N–H and O–H groups in total. The highest BCUT2D eigenvalue weighted by Crippen LogP contribution is 2.26. The fraction of sp³-hybridized carbons (Fsp3) is 0.467. The van der Waals surface area contributed by atoms with Gasteiger partial charge in [0, 0.05) is 18.2 Å². The fourth-order valence-corrected chi connectivity index (χ4v) is 1.78. The molecule has 0 heterocycles. The van der Waals surface area contributed by atoms with Gasteiger partial charge in [-0.15, -0.1) is 0 Å². The molecule has 3 amide bonds. The lowest BCUT2D eigenvalue weighted by Crippen LogP contribution is -2.45. The summed E-state index contributed by atoms with van der Waals surface area (Å²) in [6.07, 6.45) is -0.799. The smallest absolute Gasteiger partial charge is 0.321 e. The second-order valence-electron chi connectivity index (χ2n) is 4.94. The minimum atomic E-state index is -0.799. The van der Waals surface area contributed by atoms with Crippen LogP contribution in [0.4, 0.5) is 4.79 Å². The molecule has 1 aromatic carbocycles. The minimum absolute atomic E-state index is 0.209. The Hall–Kier alpha value is -2.08. The maximum Gasteiger partial charge on any atom is 0.321 e. The summed E-state index contributed by atoms with van der Waals surface area (Å²) in [4.78, 5) is 23.2. The predicted molar refractivity (Wildman–Crippen MR) is 81.1 cm³/mol. The van der Waals surface area contributed by atoms with Crippen molar-refractivity contribution in [2.24, 2.45) is 5.73 Å². The van der Waals surface area contributed by atoms with Crippen LogP contribution in [-0.4, -0.2) is 24.6 Å². The highest BCUT2D eigenvalue weighted by Gasteiger charge is 2.19. The summed E-state index contributed by atoms with van der Waals surface area (Å²) >= 11 is 0. The van der Waals surface area contributed by atoms with Crippen molar-refractivity contribution in [2.45, 2.75) is 39.8 Å². The molecule has 0 aliphatic heterocycles. The lowest BCUT2D eigenvalue weighted by molar-refractivity contribution is -0.126. The number of amides is 3. The molecule has 21 heavy (non-hydrogen) atoms. The average molecular weight is 293 g/mol. The zero-order valence-corrected chi connectivity index (χ0v) is 12.9. The van der Waals surface area contributed by atoms with E-state index in [0.717, 1.165) is 11.1 Å². The van der Waals surface area contributed by atoms with Crippen LogP contribution in [0.2, 0.25) is 0 Å². The molecule has 0 aliphatic rings. The van der Waals surface area contributed by atoms with E-state index in [4.69, 9.17) is 10.5 Å². The monoisotopic (exact) mass is 293 g/mol. The van der Waals surface area contributed by atoms with Gasteiger partial charge in [-0.1, -0.05) is 12.1 Å². The summed E-state index contributed by atoms with van der Waals surface area (Å²) in [5, 5.41) is 4.71. The standard InChI is InChI=1S/C15H23N3O3/c1-5-17-15(20)18-14(19)11(4)21-13-8-9(2)6-7-12(13)10(3)16/h6-8,10-11H,5,16H2,1-4H3,(H2,17,18,19,20)/t10-,11?/m1/s1. The Balaban J connectivity index is 2.78. The number of nitrogens with one attached hydrogen (secondary N) is 2. The zero-order valence-electron chi connectivity index (χ0n) is 12.9. The first-order chi connectivity index (χ1) is 9.85. The number of carbonyl (C=O) groups is 2. The van der Waals surface area contributed by atoms with Crippen molar-refractivity contribution in [2.75, 3.05) is 6.54 Å². The Morgan fingerprint density at radius 2 is 2.00 bits per heavy atom. The Labute approximate surface area is 125 Å². The van der Waals surface area contributed by atoms with E-state index in [1.165, 1.54) is 0 Å². The van der Waals surface area contributed by atoms with Crippen LogP contribution >= 0.6 is 0 Å². The van der Waals surface area contributed by atoms with Crippen LogP contribution in [0.15, 0.2) is 18.2 Å². The molecule has 6 heteroatoms. The molecule has 1 rings (SSSR count). The van der Waals surface area contributed by atoms with Crippen LogP contribution in [0.5, 0.6) is 5.75 Å². The number of hydrogen-bond donors (Lipinski definition) is 3. The van der Waals surface area contributed by atoms with E-state index in [1.807, 2.05) is 32.0 Å². The van der Waals surface area contributed by atoms with Gasteiger partial charge < -0.3 is 15.8 Å². The van der Waals surface area contributed by atoms with Gasteiger partial charge in [0.25, 0.3) is 5.91 Å². The zero-order chi connectivity index (χ0) is 16.0. The SMILES string of the molecule is CCNC(=O)NC(=O)C(C)Oc1cc(C)ccc1[C@@H](C)N. The molecule has 116 valence electrons. The van der Waals surface area contributed by atoms with Gasteiger partial charge in [-0.3, -0.25) is 10.1 Å². The normalized spacial score (nSPS) is 13.2. The third kappa shape index (κ3) is 5.07. The maximum absolute atomic E-state index is 11.9. The maximum atomic E-state index is 11.9. The molecule has 0 fully saturated rings. The molecule has 0 bridgehead atoms. The van der Waals surface area contributed by atoms with E-state index >= 15 is 0 Å². The van der Waals surface area contributed by atoms with Crippen molar-refractivity contribution in [1.82, 2.24) is 10.6 Å².